The maximum atomic E-state index is 12.4. The number of nitrogens with zero attached hydrogens (tertiary/aromatic N) is 1. The van der Waals surface area contributed by atoms with E-state index in [-0.39, 0.29) is 5.69 Å². The highest BCUT2D eigenvalue weighted by atomic mass is 19.4. The van der Waals surface area contributed by atoms with Gasteiger partial charge in [-0.2, -0.15) is 13.2 Å². The molecular weight excluding hydrogens is 231 g/mol. The minimum absolute atomic E-state index is 0.242. The number of pyridine rings is 1. The van der Waals surface area contributed by atoms with E-state index in [0.29, 0.717) is 24.1 Å². The third kappa shape index (κ3) is 2.81. The highest BCUT2D eigenvalue weighted by Crippen LogP contribution is 2.38. The smallest absolute Gasteiger partial charge is 0.396 e. The number of halogens is 3. The Kier molecular flexibility index (Phi) is 2.89. The van der Waals surface area contributed by atoms with Crippen molar-refractivity contribution >= 4 is 11.4 Å². The van der Waals surface area contributed by atoms with Crippen LogP contribution in [0.15, 0.2) is 12.3 Å². The molecule has 1 aliphatic rings. The molecule has 1 aromatic rings. The third-order valence-electron chi connectivity index (χ3n) is 3.06. The van der Waals surface area contributed by atoms with Gasteiger partial charge in [0.2, 0.25) is 0 Å². The molecule has 3 nitrogen and oxygen atoms in total. The molecule has 2 rings (SSSR count). The average molecular weight is 245 g/mol. The molecule has 0 radical (unpaired) electrons. The van der Waals surface area contributed by atoms with Gasteiger partial charge < -0.3 is 11.1 Å². The number of nitrogen functional groups attached to an aromatic ring is 1. The summed E-state index contributed by atoms with van der Waals surface area (Å²) in [6.45, 7) is 2.77. The van der Waals surface area contributed by atoms with Crippen molar-refractivity contribution in [1.29, 1.82) is 0 Å². The van der Waals surface area contributed by atoms with Crippen LogP contribution in [0, 0.1) is 11.8 Å². The molecule has 1 aromatic heterocycles. The SMILES string of the molecule is CC1CC1CNc1cc(C(F)(F)F)ncc1N. The molecule has 1 saturated carbocycles. The van der Waals surface area contributed by atoms with Crippen LogP contribution >= 0.6 is 0 Å². The van der Waals surface area contributed by atoms with Crippen LogP contribution in [0.4, 0.5) is 24.5 Å². The fraction of sp³-hybridized carbons (Fsp3) is 0.545. The van der Waals surface area contributed by atoms with E-state index in [1.807, 2.05) is 0 Å². The molecule has 2 atom stereocenters. The minimum Gasteiger partial charge on any atom is -0.396 e. The molecule has 6 heteroatoms. The van der Waals surface area contributed by atoms with Crippen molar-refractivity contribution in [2.45, 2.75) is 19.5 Å². The molecule has 0 aliphatic heterocycles. The maximum Gasteiger partial charge on any atom is 0.433 e. The van der Waals surface area contributed by atoms with E-state index in [1.54, 1.807) is 0 Å². The van der Waals surface area contributed by atoms with Gasteiger partial charge in [-0.1, -0.05) is 6.92 Å². The van der Waals surface area contributed by atoms with Crippen molar-refractivity contribution in [3.63, 3.8) is 0 Å². The first kappa shape index (κ1) is 12.0. The van der Waals surface area contributed by atoms with Crippen LogP contribution < -0.4 is 11.1 Å². The van der Waals surface area contributed by atoms with Crippen molar-refractivity contribution in [2.75, 3.05) is 17.6 Å². The van der Waals surface area contributed by atoms with Crippen molar-refractivity contribution in [3.05, 3.63) is 18.0 Å². The van der Waals surface area contributed by atoms with Crippen LogP contribution in [-0.2, 0) is 6.18 Å². The van der Waals surface area contributed by atoms with Gasteiger partial charge in [0, 0.05) is 6.54 Å². The number of rotatable bonds is 3. The lowest BCUT2D eigenvalue weighted by Crippen LogP contribution is -2.12. The molecule has 0 aromatic carbocycles. The van der Waals surface area contributed by atoms with E-state index in [9.17, 15) is 13.2 Å². The van der Waals surface area contributed by atoms with Gasteiger partial charge in [-0.25, -0.2) is 4.98 Å². The largest absolute Gasteiger partial charge is 0.433 e. The summed E-state index contributed by atoms with van der Waals surface area (Å²) in [5, 5.41) is 2.95. The van der Waals surface area contributed by atoms with E-state index in [2.05, 4.69) is 17.2 Å². The molecule has 0 bridgehead atoms. The molecular formula is C11H14F3N3. The number of aromatic nitrogens is 1. The number of nitrogens with one attached hydrogen (secondary N) is 1. The molecule has 1 aliphatic carbocycles. The monoisotopic (exact) mass is 245 g/mol. The minimum atomic E-state index is -4.43. The van der Waals surface area contributed by atoms with E-state index in [4.69, 9.17) is 5.73 Å². The summed E-state index contributed by atoms with van der Waals surface area (Å²) in [7, 11) is 0. The van der Waals surface area contributed by atoms with E-state index in [1.165, 1.54) is 0 Å². The Morgan fingerprint density at radius 3 is 2.71 bits per heavy atom. The Morgan fingerprint density at radius 2 is 2.18 bits per heavy atom. The van der Waals surface area contributed by atoms with Gasteiger partial charge in [0.25, 0.3) is 0 Å². The average Bonchev–Trinajstić information content (AvgIpc) is 2.92. The van der Waals surface area contributed by atoms with Crippen LogP contribution in [0.2, 0.25) is 0 Å². The van der Waals surface area contributed by atoms with Gasteiger partial charge in [-0.3, -0.25) is 0 Å². The van der Waals surface area contributed by atoms with Crippen molar-refractivity contribution < 1.29 is 13.2 Å². The van der Waals surface area contributed by atoms with E-state index >= 15 is 0 Å². The van der Waals surface area contributed by atoms with Crippen molar-refractivity contribution in [1.82, 2.24) is 4.98 Å². The number of hydrogen-bond acceptors (Lipinski definition) is 3. The zero-order valence-corrected chi connectivity index (χ0v) is 9.38. The molecule has 2 unspecified atom stereocenters. The standard InChI is InChI=1S/C11H14F3N3/c1-6-2-7(6)4-16-9-3-10(11(12,13)14)17-5-8(9)15/h3,5-7H,2,4,15H2,1H3,(H,16,17). The number of hydrogen-bond donors (Lipinski definition) is 2. The van der Waals surface area contributed by atoms with Gasteiger partial charge in [0.1, 0.15) is 5.69 Å². The lowest BCUT2D eigenvalue weighted by Gasteiger charge is -2.12. The molecule has 17 heavy (non-hydrogen) atoms. The Hall–Kier alpha value is -1.46. The predicted molar refractivity (Wildman–Crippen MR) is 59.4 cm³/mol. The summed E-state index contributed by atoms with van der Waals surface area (Å²) in [6, 6.07) is 0.961. The molecule has 0 spiro atoms. The van der Waals surface area contributed by atoms with Crippen LogP contribution in [-0.4, -0.2) is 11.5 Å². The van der Waals surface area contributed by atoms with Gasteiger partial charge >= 0.3 is 6.18 Å². The lowest BCUT2D eigenvalue weighted by molar-refractivity contribution is -0.141. The maximum absolute atomic E-state index is 12.4. The molecule has 1 heterocycles. The highest BCUT2D eigenvalue weighted by molar-refractivity contribution is 5.65. The highest BCUT2D eigenvalue weighted by Gasteiger charge is 2.34. The predicted octanol–water partition coefficient (Wildman–Crippen LogP) is 2.75. The van der Waals surface area contributed by atoms with E-state index in [0.717, 1.165) is 18.7 Å². The zero-order valence-electron chi connectivity index (χ0n) is 9.38. The van der Waals surface area contributed by atoms with Gasteiger partial charge in [0.15, 0.2) is 0 Å². The van der Waals surface area contributed by atoms with Crippen LogP contribution in [0.25, 0.3) is 0 Å². The quantitative estimate of drug-likeness (QED) is 0.860. The second kappa shape index (κ2) is 4.09. The molecule has 3 N–H and O–H groups in total. The Labute approximate surface area is 97.2 Å². The molecule has 0 amide bonds. The molecule has 94 valence electrons. The summed E-state index contributed by atoms with van der Waals surface area (Å²) in [5.74, 6) is 1.18. The van der Waals surface area contributed by atoms with Gasteiger partial charge in [0.05, 0.1) is 17.6 Å². The second-order valence-corrected chi connectivity index (χ2v) is 4.51. The number of nitrogens with two attached hydrogens (primary N) is 1. The summed E-state index contributed by atoms with van der Waals surface area (Å²) in [4.78, 5) is 3.28. The first-order valence-corrected chi connectivity index (χ1v) is 5.44. The normalized spacial score (nSPS) is 23.5. The molecule has 0 saturated heterocycles. The third-order valence-corrected chi connectivity index (χ3v) is 3.06. The summed E-state index contributed by atoms with van der Waals surface area (Å²) in [6.07, 6.45) is -2.28. The second-order valence-electron chi connectivity index (χ2n) is 4.51. The Balaban J connectivity index is 2.09. The topological polar surface area (TPSA) is 50.9 Å². The van der Waals surface area contributed by atoms with Gasteiger partial charge in [-0.05, 0) is 24.3 Å². The summed E-state index contributed by atoms with van der Waals surface area (Å²) >= 11 is 0. The van der Waals surface area contributed by atoms with Crippen molar-refractivity contribution in [3.8, 4) is 0 Å². The first-order chi connectivity index (χ1) is 7.88. The van der Waals surface area contributed by atoms with Crippen LogP contribution in [0.5, 0.6) is 0 Å². The summed E-state index contributed by atoms with van der Waals surface area (Å²) in [5.41, 5.74) is 5.22. The summed E-state index contributed by atoms with van der Waals surface area (Å²) < 4.78 is 37.3. The molecule has 1 fully saturated rings. The van der Waals surface area contributed by atoms with Crippen LogP contribution in [0.3, 0.4) is 0 Å². The number of anilines is 2. The first-order valence-electron chi connectivity index (χ1n) is 5.44. The van der Waals surface area contributed by atoms with Crippen LogP contribution in [0.1, 0.15) is 19.0 Å². The fourth-order valence-corrected chi connectivity index (χ4v) is 1.70. The zero-order chi connectivity index (χ0) is 12.6. The Morgan fingerprint density at radius 1 is 1.53 bits per heavy atom. The lowest BCUT2D eigenvalue weighted by atomic mass is 10.2. The number of alkyl halides is 3. The van der Waals surface area contributed by atoms with E-state index < -0.39 is 11.9 Å². The Bertz CT molecular complexity index is 417. The van der Waals surface area contributed by atoms with Gasteiger partial charge in [-0.15, -0.1) is 0 Å². The van der Waals surface area contributed by atoms with Crippen molar-refractivity contribution in [2.24, 2.45) is 11.8 Å². The fourth-order valence-electron chi connectivity index (χ4n) is 1.70.